The van der Waals surface area contributed by atoms with Crippen molar-refractivity contribution in [2.45, 2.75) is 0 Å². The number of hydrogen-bond donors (Lipinski definition) is 3. The molecule has 26 heavy (non-hydrogen) atoms. The van der Waals surface area contributed by atoms with E-state index < -0.39 is 11.8 Å². The summed E-state index contributed by atoms with van der Waals surface area (Å²) in [7, 11) is 1.54. The molecule has 0 aromatic heterocycles. The molecule has 3 N–H and O–H groups in total. The van der Waals surface area contributed by atoms with Gasteiger partial charge in [0, 0.05) is 16.6 Å². The summed E-state index contributed by atoms with van der Waals surface area (Å²) in [5, 5.41) is 14.0. The molecule has 0 saturated carbocycles. The zero-order chi connectivity index (χ0) is 18.9. The molecule has 0 radical (unpaired) electrons. The fraction of sp³-hybridized carbons (Fsp3) is 0.158. The number of aliphatic hydroxyl groups is 1. The Morgan fingerprint density at radius 2 is 1.77 bits per heavy atom. The smallest absolute Gasteiger partial charge is 0.267 e. The van der Waals surface area contributed by atoms with Gasteiger partial charge in [-0.05, 0) is 48.0 Å². The van der Waals surface area contributed by atoms with E-state index in [1.807, 2.05) is 24.3 Å². The van der Waals surface area contributed by atoms with E-state index in [-0.39, 0.29) is 18.8 Å². The van der Waals surface area contributed by atoms with E-state index in [2.05, 4.69) is 26.6 Å². The van der Waals surface area contributed by atoms with Gasteiger partial charge >= 0.3 is 0 Å². The minimum absolute atomic E-state index is 0.0848. The van der Waals surface area contributed by atoms with Crippen LogP contribution in [-0.2, 0) is 4.79 Å². The van der Waals surface area contributed by atoms with Gasteiger partial charge in [0.1, 0.15) is 11.4 Å². The number of benzene rings is 2. The average molecular weight is 419 g/mol. The number of rotatable bonds is 7. The summed E-state index contributed by atoms with van der Waals surface area (Å²) in [5.74, 6) is -0.271. The molecule has 0 heterocycles. The summed E-state index contributed by atoms with van der Waals surface area (Å²) < 4.78 is 5.97. The Labute approximate surface area is 160 Å². The zero-order valence-electron chi connectivity index (χ0n) is 14.2. The molecule has 0 saturated heterocycles. The van der Waals surface area contributed by atoms with Crippen molar-refractivity contribution < 1.29 is 19.4 Å². The highest BCUT2D eigenvalue weighted by molar-refractivity contribution is 9.10. The lowest BCUT2D eigenvalue weighted by atomic mass is 10.1. The van der Waals surface area contributed by atoms with Gasteiger partial charge in [-0.1, -0.05) is 28.1 Å². The van der Waals surface area contributed by atoms with Crippen molar-refractivity contribution in [3.63, 3.8) is 0 Å². The van der Waals surface area contributed by atoms with Gasteiger partial charge in [0.25, 0.3) is 11.8 Å². The first kappa shape index (κ1) is 19.7. The molecule has 136 valence electrons. The highest BCUT2D eigenvalue weighted by atomic mass is 79.9. The second-order valence-corrected chi connectivity index (χ2v) is 6.19. The Morgan fingerprint density at radius 1 is 1.12 bits per heavy atom. The molecule has 0 bridgehead atoms. The van der Waals surface area contributed by atoms with Gasteiger partial charge in [0.15, 0.2) is 0 Å². The number of ether oxygens (including phenoxy) is 1. The quantitative estimate of drug-likeness (QED) is 0.602. The number of aliphatic hydroxyl groups excluding tert-OH is 1. The van der Waals surface area contributed by atoms with Crippen LogP contribution >= 0.6 is 15.9 Å². The van der Waals surface area contributed by atoms with Crippen LogP contribution in [0.3, 0.4) is 0 Å². The maximum Gasteiger partial charge on any atom is 0.267 e. The third-order valence-electron chi connectivity index (χ3n) is 3.42. The summed E-state index contributed by atoms with van der Waals surface area (Å²) in [5.41, 5.74) is 1.22. The molecule has 2 amide bonds. The van der Waals surface area contributed by atoms with Crippen molar-refractivity contribution in [1.29, 1.82) is 0 Å². The van der Waals surface area contributed by atoms with E-state index in [0.29, 0.717) is 11.3 Å². The van der Waals surface area contributed by atoms with E-state index in [0.717, 1.165) is 10.0 Å². The normalized spacial score (nSPS) is 11.0. The topological polar surface area (TPSA) is 87.7 Å². The number of carbonyl (C=O) groups is 2. The van der Waals surface area contributed by atoms with Crippen LogP contribution in [0.25, 0.3) is 6.08 Å². The van der Waals surface area contributed by atoms with Crippen molar-refractivity contribution in [2.75, 3.05) is 20.3 Å². The van der Waals surface area contributed by atoms with Crippen molar-refractivity contribution >= 4 is 33.8 Å². The molecule has 2 rings (SSSR count). The molecule has 0 spiro atoms. The van der Waals surface area contributed by atoms with E-state index in [1.54, 1.807) is 37.5 Å². The van der Waals surface area contributed by atoms with Crippen molar-refractivity contribution in [2.24, 2.45) is 0 Å². The van der Waals surface area contributed by atoms with Gasteiger partial charge < -0.3 is 20.5 Å². The lowest BCUT2D eigenvalue weighted by Crippen LogP contribution is -2.36. The van der Waals surface area contributed by atoms with Gasteiger partial charge in [-0.3, -0.25) is 9.59 Å². The fourth-order valence-corrected chi connectivity index (χ4v) is 2.35. The van der Waals surface area contributed by atoms with Gasteiger partial charge in [-0.15, -0.1) is 0 Å². The summed E-state index contributed by atoms with van der Waals surface area (Å²) in [4.78, 5) is 24.8. The molecule has 0 aliphatic carbocycles. The van der Waals surface area contributed by atoms with Crippen molar-refractivity contribution in [3.05, 3.63) is 69.8 Å². The Morgan fingerprint density at radius 3 is 2.35 bits per heavy atom. The number of hydrogen-bond acceptors (Lipinski definition) is 4. The molecular formula is C19H19BrN2O4. The van der Waals surface area contributed by atoms with Gasteiger partial charge in [-0.2, -0.15) is 0 Å². The first-order valence-electron chi connectivity index (χ1n) is 7.85. The third kappa shape index (κ3) is 5.72. The molecule has 0 atom stereocenters. The lowest BCUT2D eigenvalue weighted by Gasteiger charge is -2.11. The molecule has 0 aliphatic heterocycles. The Kier molecular flexibility index (Phi) is 7.37. The Bertz CT molecular complexity index is 786. The largest absolute Gasteiger partial charge is 0.497 e. The first-order chi connectivity index (χ1) is 12.5. The Hall–Kier alpha value is -2.64. The van der Waals surface area contributed by atoms with E-state index in [9.17, 15) is 9.59 Å². The predicted octanol–water partition coefficient (Wildman–Crippen LogP) is 2.34. The minimum Gasteiger partial charge on any atom is -0.497 e. The predicted molar refractivity (Wildman–Crippen MR) is 103 cm³/mol. The summed E-state index contributed by atoms with van der Waals surface area (Å²) in [6.07, 6.45) is 1.57. The summed E-state index contributed by atoms with van der Waals surface area (Å²) in [6.45, 7) is -0.0986. The van der Waals surface area contributed by atoms with Gasteiger partial charge in [-0.25, -0.2) is 0 Å². The average Bonchev–Trinajstić information content (AvgIpc) is 2.67. The van der Waals surface area contributed by atoms with Gasteiger partial charge in [0.2, 0.25) is 0 Å². The van der Waals surface area contributed by atoms with Crippen LogP contribution in [-0.4, -0.2) is 37.2 Å². The SMILES string of the molecule is COc1ccc(C(=O)N/C(=C\c2ccc(Br)cc2)C(=O)NCCO)cc1. The molecule has 2 aromatic rings. The fourth-order valence-electron chi connectivity index (χ4n) is 2.09. The van der Waals surface area contributed by atoms with E-state index in [4.69, 9.17) is 9.84 Å². The first-order valence-corrected chi connectivity index (χ1v) is 8.64. The maximum absolute atomic E-state index is 12.4. The number of carbonyl (C=O) groups excluding carboxylic acids is 2. The molecule has 2 aromatic carbocycles. The van der Waals surface area contributed by atoms with Crippen LogP contribution in [0.2, 0.25) is 0 Å². The monoisotopic (exact) mass is 418 g/mol. The van der Waals surface area contributed by atoms with Crippen LogP contribution in [0.15, 0.2) is 58.7 Å². The van der Waals surface area contributed by atoms with Crippen LogP contribution in [0.1, 0.15) is 15.9 Å². The van der Waals surface area contributed by atoms with E-state index >= 15 is 0 Å². The molecule has 7 heteroatoms. The number of halogens is 1. The Balaban J connectivity index is 2.23. The van der Waals surface area contributed by atoms with Crippen LogP contribution in [0.4, 0.5) is 0 Å². The minimum atomic E-state index is -0.483. The van der Waals surface area contributed by atoms with Crippen molar-refractivity contribution in [3.8, 4) is 5.75 Å². The molecule has 0 fully saturated rings. The molecule has 0 aliphatic rings. The highest BCUT2D eigenvalue weighted by Crippen LogP contribution is 2.14. The molecule has 6 nitrogen and oxygen atoms in total. The summed E-state index contributed by atoms with van der Waals surface area (Å²) in [6, 6.07) is 13.8. The molecular weight excluding hydrogens is 400 g/mol. The second kappa shape index (κ2) is 9.74. The van der Waals surface area contributed by atoms with Crippen LogP contribution < -0.4 is 15.4 Å². The number of methoxy groups -OCH3 is 1. The maximum atomic E-state index is 12.4. The van der Waals surface area contributed by atoms with Gasteiger partial charge in [0.05, 0.1) is 13.7 Å². The lowest BCUT2D eigenvalue weighted by molar-refractivity contribution is -0.117. The number of amides is 2. The standard InChI is InChI=1S/C19H19BrN2O4/c1-26-16-8-4-14(5-9-16)18(24)22-17(19(25)21-10-11-23)12-13-2-6-15(20)7-3-13/h2-9,12,23H,10-11H2,1H3,(H,21,25)(H,22,24)/b17-12-. The second-order valence-electron chi connectivity index (χ2n) is 5.27. The molecule has 0 unspecified atom stereocenters. The van der Waals surface area contributed by atoms with Crippen LogP contribution in [0, 0.1) is 0 Å². The third-order valence-corrected chi connectivity index (χ3v) is 3.95. The summed E-state index contributed by atoms with van der Waals surface area (Å²) >= 11 is 3.35. The highest BCUT2D eigenvalue weighted by Gasteiger charge is 2.14. The zero-order valence-corrected chi connectivity index (χ0v) is 15.7. The van der Waals surface area contributed by atoms with Crippen LogP contribution in [0.5, 0.6) is 5.75 Å². The van der Waals surface area contributed by atoms with E-state index in [1.165, 1.54) is 0 Å². The van der Waals surface area contributed by atoms with Crippen molar-refractivity contribution in [1.82, 2.24) is 10.6 Å². The number of nitrogens with one attached hydrogen (secondary N) is 2.